The number of alkyl halides is 3. The van der Waals surface area contributed by atoms with Crippen LogP contribution < -0.4 is 4.90 Å². The van der Waals surface area contributed by atoms with Crippen LogP contribution in [0.1, 0.15) is 43.2 Å². The van der Waals surface area contributed by atoms with Crippen LogP contribution in [0.4, 0.5) is 18.9 Å². The summed E-state index contributed by atoms with van der Waals surface area (Å²) in [6, 6.07) is 5.36. The quantitative estimate of drug-likeness (QED) is 0.690. The molecule has 1 unspecified atom stereocenters. The fourth-order valence-electron chi connectivity index (χ4n) is 5.47. The first-order valence-corrected chi connectivity index (χ1v) is 11.4. The molecular formula is C24H29F3N4O2. The third-order valence-corrected chi connectivity index (χ3v) is 7.71. The SMILES string of the molecule is CN(C)C(=O)C1CN(c2ccc(C#N)c(C(F)(F)F)c2)CC12CCN(C(=O)C1CCC1)CC2. The van der Waals surface area contributed by atoms with Crippen LogP contribution in [-0.4, -0.2) is 61.9 Å². The van der Waals surface area contributed by atoms with E-state index in [1.165, 1.54) is 12.1 Å². The van der Waals surface area contributed by atoms with Crippen molar-refractivity contribution in [2.24, 2.45) is 17.3 Å². The molecule has 6 nitrogen and oxygen atoms in total. The summed E-state index contributed by atoms with van der Waals surface area (Å²) in [6.07, 6.45) is -0.368. The predicted octanol–water partition coefficient (Wildman–Crippen LogP) is 3.51. The van der Waals surface area contributed by atoms with Gasteiger partial charge in [-0.25, -0.2) is 0 Å². The van der Waals surface area contributed by atoms with E-state index in [1.807, 2.05) is 9.80 Å². The van der Waals surface area contributed by atoms with Gasteiger partial charge in [0.1, 0.15) is 0 Å². The lowest BCUT2D eigenvalue weighted by Crippen LogP contribution is -2.51. The lowest BCUT2D eigenvalue weighted by Gasteiger charge is -2.44. The van der Waals surface area contributed by atoms with Gasteiger partial charge >= 0.3 is 6.18 Å². The number of rotatable bonds is 3. The lowest BCUT2D eigenvalue weighted by atomic mass is 9.70. The van der Waals surface area contributed by atoms with Crippen molar-refractivity contribution in [2.75, 3.05) is 45.2 Å². The normalized spacial score (nSPS) is 22.7. The zero-order valence-electron chi connectivity index (χ0n) is 19.0. The van der Waals surface area contributed by atoms with Gasteiger partial charge in [0, 0.05) is 57.3 Å². The molecule has 178 valence electrons. The van der Waals surface area contributed by atoms with Crippen LogP contribution in [0.5, 0.6) is 0 Å². The Hall–Kier alpha value is -2.76. The second-order valence-electron chi connectivity index (χ2n) is 9.82. The highest BCUT2D eigenvalue weighted by Crippen LogP contribution is 2.48. The molecule has 1 aliphatic carbocycles. The van der Waals surface area contributed by atoms with Crippen molar-refractivity contribution < 1.29 is 22.8 Å². The van der Waals surface area contributed by atoms with Gasteiger partial charge in [-0.05, 0) is 43.9 Å². The number of benzene rings is 1. The predicted molar refractivity (Wildman–Crippen MR) is 116 cm³/mol. The Balaban J connectivity index is 1.59. The summed E-state index contributed by atoms with van der Waals surface area (Å²) >= 11 is 0. The van der Waals surface area contributed by atoms with Gasteiger partial charge in [0.25, 0.3) is 0 Å². The van der Waals surface area contributed by atoms with E-state index in [2.05, 4.69) is 0 Å². The second-order valence-corrected chi connectivity index (χ2v) is 9.82. The van der Waals surface area contributed by atoms with Crippen molar-refractivity contribution in [3.8, 4) is 6.07 Å². The number of carbonyl (C=O) groups is 2. The second kappa shape index (κ2) is 8.54. The Morgan fingerprint density at radius 2 is 1.85 bits per heavy atom. The summed E-state index contributed by atoms with van der Waals surface area (Å²) in [4.78, 5) is 31.1. The number of hydrogen-bond donors (Lipinski definition) is 0. The molecule has 2 saturated heterocycles. The van der Waals surface area contributed by atoms with E-state index in [4.69, 9.17) is 5.26 Å². The Kier molecular flexibility index (Phi) is 6.06. The van der Waals surface area contributed by atoms with E-state index in [0.717, 1.165) is 25.3 Å². The van der Waals surface area contributed by atoms with Gasteiger partial charge in [-0.3, -0.25) is 9.59 Å². The maximum Gasteiger partial charge on any atom is 0.417 e. The van der Waals surface area contributed by atoms with Crippen molar-refractivity contribution in [3.05, 3.63) is 29.3 Å². The van der Waals surface area contributed by atoms with Crippen LogP contribution in [0.3, 0.4) is 0 Å². The third kappa shape index (κ3) is 4.28. The molecule has 3 fully saturated rings. The molecule has 2 aliphatic heterocycles. The Morgan fingerprint density at radius 1 is 1.18 bits per heavy atom. The van der Waals surface area contributed by atoms with Gasteiger partial charge in [-0.1, -0.05) is 6.42 Å². The van der Waals surface area contributed by atoms with Crippen LogP contribution in [0.15, 0.2) is 18.2 Å². The number of amides is 2. The Morgan fingerprint density at radius 3 is 2.36 bits per heavy atom. The van der Waals surface area contributed by atoms with E-state index >= 15 is 0 Å². The van der Waals surface area contributed by atoms with Crippen LogP contribution in [0.25, 0.3) is 0 Å². The molecule has 9 heteroatoms. The van der Waals surface area contributed by atoms with Crippen molar-refractivity contribution in [2.45, 2.75) is 38.3 Å². The molecule has 1 atom stereocenters. The number of nitrogens with zero attached hydrogens (tertiary/aromatic N) is 4. The first-order valence-electron chi connectivity index (χ1n) is 11.4. The minimum absolute atomic E-state index is 0.0408. The van der Waals surface area contributed by atoms with E-state index in [9.17, 15) is 22.8 Å². The molecular weight excluding hydrogens is 433 g/mol. The summed E-state index contributed by atoms with van der Waals surface area (Å²) in [5.41, 5.74) is -1.41. The zero-order chi connectivity index (χ0) is 24.0. The van der Waals surface area contributed by atoms with Crippen molar-refractivity contribution in [1.82, 2.24) is 9.80 Å². The number of hydrogen-bond acceptors (Lipinski definition) is 4. The molecule has 2 heterocycles. The molecule has 1 saturated carbocycles. The number of carbonyl (C=O) groups excluding carboxylic acids is 2. The highest BCUT2D eigenvalue weighted by atomic mass is 19.4. The fraction of sp³-hybridized carbons (Fsp3) is 0.625. The molecule has 3 aliphatic rings. The number of anilines is 1. The van der Waals surface area contributed by atoms with Crippen molar-refractivity contribution in [1.29, 1.82) is 5.26 Å². The van der Waals surface area contributed by atoms with E-state index in [1.54, 1.807) is 25.1 Å². The zero-order valence-corrected chi connectivity index (χ0v) is 19.0. The molecule has 4 rings (SSSR count). The maximum absolute atomic E-state index is 13.5. The smallest absolute Gasteiger partial charge is 0.370 e. The van der Waals surface area contributed by atoms with Crippen LogP contribution in [0, 0.1) is 28.6 Å². The molecule has 2 amide bonds. The number of piperidine rings is 1. The summed E-state index contributed by atoms with van der Waals surface area (Å²) in [6.45, 7) is 1.91. The van der Waals surface area contributed by atoms with Gasteiger partial charge in [0.2, 0.25) is 11.8 Å². The average molecular weight is 463 g/mol. The Labute approximate surface area is 191 Å². The molecule has 0 radical (unpaired) electrons. The monoisotopic (exact) mass is 462 g/mol. The topological polar surface area (TPSA) is 67.7 Å². The molecule has 1 aromatic carbocycles. The van der Waals surface area contributed by atoms with Gasteiger partial charge in [0.05, 0.1) is 23.1 Å². The Bertz CT molecular complexity index is 973. The van der Waals surface area contributed by atoms with E-state index < -0.39 is 22.7 Å². The van der Waals surface area contributed by atoms with Crippen molar-refractivity contribution >= 4 is 17.5 Å². The van der Waals surface area contributed by atoms with E-state index in [0.29, 0.717) is 44.7 Å². The number of halogens is 3. The van der Waals surface area contributed by atoms with Crippen LogP contribution >= 0.6 is 0 Å². The number of nitriles is 1. The number of likely N-dealkylation sites (tertiary alicyclic amines) is 1. The fourth-order valence-corrected chi connectivity index (χ4v) is 5.47. The molecule has 0 N–H and O–H groups in total. The summed E-state index contributed by atoms with van der Waals surface area (Å²) in [5, 5.41) is 9.10. The van der Waals surface area contributed by atoms with E-state index in [-0.39, 0.29) is 23.7 Å². The van der Waals surface area contributed by atoms with Crippen molar-refractivity contribution in [3.63, 3.8) is 0 Å². The summed E-state index contributed by atoms with van der Waals surface area (Å²) in [7, 11) is 3.38. The highest BCUT2D eigenvalue weighted by Gasteiger charge is 2.52. The van der Waals surface area contributed by atoms with Gasteiger partial charge in [-0.2, -0.15) is 18.4 Å². The molecule has 1 aromatic rings. The molecule has 33 heavy (non-hydrogen) atoms. The first-order chi connectivity index (χ1) is 15.6. The highest BCUT2D eigenvalue weighted by molar-refractivity contribution is 5.82. The van der Waals surface area contributed by atoms with Crippen LogP contribution in [0.2, 0.25) is 0 Å². The summed E-state index contributed by atoms with van der Waals surface area (Å²) < 4.78 is 40.5. The van der Waals surface area contributed by atoms with Crippen LogP contribution in [-0.2, 0) is 15.8 Å². The first kappa shape index (κ1) is 23.4. The average Bonchev–Trinajstić information content (AvgIpc) is 3.09. The minimum Gasteiger partial charge on any atom is -0.370 e. The molecule has 1 spiro atoms. The lowest BCUT2D eigenvalue weighted by molar-refractivity contribution is -0.143. The third-order valence-electron chi connectivity index (χ3n) is 7.71. The maximum atomic E-state index is 13.5. The largest absolute Gasteiger partial charge is 0.417 e. The van der Waals surface area contributed by atoms with Gasteiger partial charge in [-0.15, -0.1) is 0 Å². The standard InChI is InChI=1S/C24H29F3N4O2/c1-29(2)22(33)20-14-31(18-7-6-17(13-28)19(12-18)24(25,26)27)15-23(20)8-10-30(11-9-23)21(32)16-4-3-5-16/h6-7,12,16,20H,3-5,8-11,14-15H2,1-2H3. The minimum atomic E-state index is -4.63. The molecule has 0 bridgehead atoms. The van der Waals surface area contributed by atoms with Gasteiger partial charge < -0.3 is 14.7 Å². The molecule has 0 aromatic heterocycles. The van der Waals surface area contributed by atoms with Gasteiger partial charge in [0.15, 0.2) is 0 Å². The summed E-state index contributed by atoms with van der Waals surface area (Å²) in [5.74, 6) is -0.0829.